The molecule has 0 aromatic heterocycles. The molecular formula is C11H20N4O. The summed E-state index contributed by atoms with van der Waals surface area (Å²) >= 11 is 0. The van der Waals surface area contributed by atoms with E-state index in [2.05, 4.69) is 15.5 Å². The Hall–Kier alpha value is -1.12. The van der Waals surface area contributed by atoms with Gasteiger partial charge in [-0.25, -0.2) is 0 Å². The van der Waals surface area contributed by atoms with Crippen LogP contribution in [0.1, 0.15) is 20.3 Å². The van der Waals surface area contributed by atoms with Crippen molar-refractivity contribution in [2.45, 2.75) is 25.8 Å². The smallest absolute Gasteiger partial charge is 0.239 e. The van der Waals surface area contributed by atoms with Crippen molar-refractivity contribution in [1.82, 2.24) is 15.5 Å². The number of carbonyl (C=O) groups excluding carboxylic acids is 1. The molecule has 0 spiro atoms. The lowest BCUT2D eigenvalue weighted by molar-refractivity contribution is -0.132. The van der Waals surface area contributed by atoms with Crippen molar-refractivity contribution in [2.75, 3.05) is 32.7 Å². The van der Waals surface area contributed by atoms with Crippen molar-refractivity contribution < 1.29 is 4.79 Å². The van der Waals surface area contributed by atoms with E-state index in [-0.39, 0.29) is 5.91 Å². The maximum Gasteiger partial charge on any atom is 0.239 e. The van der Waals surface area contributed by atoms with E-state index in [1.807, 2.05) is 19.9 Å². The predicted octanol–water partition coefficient (Wildman–Crippen LogP) is -0.300. The Morgan fingerprint density at radius 2 is 2.12 bits per heavy atom. The molecule has 0 atom stereocenters. The standard InChI is InChI=1S/C11H20N4O/c1-11(2,10(16)14-5-3-4-12)15-8-6-13-7-9-15/h13H,3,5-9H2,1-2H3,(H,14,16). The average Bonchev–Trinajstić information content (AvgIpc) is 2.30. The highest BCUT2D eigenvalue weighted by Crippen LogP contribution is 2.14. The van der Waals surface area contributed by atoms with Gasteiger partial charge in [-0.3, -0.25) is 9.69 Å². The van der Waals surface area contributed by atoms with Gasteiger partial charge in [0.25, 0.3) is 0 Å². The van der Waals surface area contributed by atoms with Crippen LogP contribution in [0.4, 0.5) is 0 Å². The van der Waals surface area contributed by atoms with Crippen molar-refractivity contribution >= 4 is 5.91 Å². The minimum Gasteiger partial charge on any atom is -0.353 e. The van der Waals surface area contributed by atoms with E-state index >= 15 is 0 Å². The largest absolute Gasteiger partial charge is 0.353 e. The van der Waals surface area contributed by atoms with E-state index in [9.17, 15) is 4.79 Å². The first-order chi connectivity index (χ1) is 7.59. The SMILES string of the molecule is CC(C)(C(=O)NCCC#N)N1CCNCC1. The molecule has 0 aromatic rings. The number of amides is 1. The van der Waals surface area contributed by atoms with Gasteiger partial charge in [0.1, 0.15) is 0 Å². The molecule has 1 heterocycles. The Bertz CT molecular complexity index is 276. The van der Waals surface area contributed by atoms with E-state index in [0.29, 0.717) is 13.0 Å². The summed E-state index contributed by atoms with van der Waals surface area (Å²) in [5.74, 6) is 0.00431. The molecule has 1 rings (SSSR count). The summed E-state index contributed by atoms with van der Waals surface area (Å²) in [5, 5.41) is 14.5. The van der Waals surface area contributed by atoms with E-state index in [0.717, 1.165) is 26.2 Å². The molecule has 0 bridgehead atoms. The first kappa shape index (κ1) is 12.9. The first-order valence-electron chi connectivity index (χ1n) is 5.70. The van der Waals surface area contributed by atoms with Crippen LogP contribution in [0.2, 0.25) is 0 Å². The van der Waals surface area contributed by atoms with Crippen molar-refractivity contribution in [1.29, 1.82) is 5.26 Å². The monoisotopic (exact) mass is 224 g/mol. The molecule has 1 saturated heterocycles. The molecule has 5 heteroatoms. The van der Waals surface area contributed by atoms with Crippen LogP contribution in [-0.4, -0.2) is 49.1 Å². The Morgan fingerprint density at radius 3 is 2.69 bits per heavy atom. The molecule has 0 aromatic carbocycles. The number of nitriles is 1. The van der Waals surface area contributed by atoms with Crippen molar-refractivity contribution in [3.63, 3.8) is 0 Å². The summed E-state index contributed by atoms with van der Waals surface area (Å²) in [5.41, 5.74) is -0.489. The summed E-state index contributed by atoms with van der Waals surface area (Å²) in [6, 6.07) is 2.02. The number of hydrogen-bond acceptors (Lipinski definition) is 4. The van der Waals surface area contributed by atoms with Crippen LogP contribution in [-0.2, 0) is 4.79 Å². The first-order valence-corrected chi connectivity index (χ1v) is 5.70. The maximum absolute atomic E-state index is 12.0. The highest BCUT2D eigenvalue weighted by Gasteiger charge is 2.34. The second-order valence-electron chi connectivity index (χ2n) is 4.46. The highest BCUT2D eigenvalue weighted by atomic mass is 16.2. The quantitative estimate of drug-likeness (QED) is 0.643. The summed E-state index contributed by atoms with van der Waals surface area (Å²) in [7, 11) is 0. The molecule has 90 valence electrons. The van der Waals surface area contributed by atoms with Crippen molar-refractivity contribution in [2.24, 2.45) is 0 Å². The van der Waals surface area contributed by atoms with Gasteiger partial charge in [-0.2, -0.15) is 5.26 Å². The lowest BCUT2D eigenvalue weighted by Gasteiger charge is -2.39. The van der Waals surface area contributed by atoms with Gasteiger partial charge in [0, 0.05) is 32.7 Å². The summed E-state index contributed by atoms with van der Waals surface area (Å²) in [4.78, 5) is 14.1. The van der Waals surface area contributed by atoms with Crippen LogP contribution >= 0.6 is 0 Å². The van der Waals surface area contributed by atoms with Crippen molar-refractivity contribution in [3.8, 4) is 6.07 Å². The fourth-order valence-electron chi connectivity index (χ4n) is 1.82. The van der Waals surface area contributed by atoms with E-state index in [4.69, 9.17) is 5.26 Å². The number of nitrogens with one attached hydrogen (secondary N) is 2. The molecular weight excluding hydrogens is 204 g/mol. The summed E-state index contributed by atoms with van der Waals surface area (Å²) in [6.07, 6.45) is 0.364. The second kappa shape index (κ2) is 5.83. The second-order valence-corrected chi connectivity index (χ2v) is 4.46. The Balaban J connectivity index is 2.47. The number of hydrogen-bond donors (Lipinski definition) is 2. The third-order valence-electron chi connectivity index (χ3n) is 2.99. The zero-order valence-corrected chi connectivity index (χ0v) is 10.0. The third kappa shape index (κ3) is 3.19. The molecule has 1 aliphatic rings. The Kier molecular flexibility index (Phi) is 4.71. The Morgan fingerprint density at radius 1 is 1.50 bits per heavy atom. The van der Waals surface area contributed by atoms with E-state index < -0.39 is 5.54 Å². The van der Waals surface area contributed by atoms with E-state index in [1.165, 1.54) is 0 Å². The highest BCUT2D eigenvalue weighted by molar-refractivity contribution is 5.85. The topological polar surface area (TPSA) is 68.2 Å². The molecule has 0 aliphatic carbocycles. The van der Waals surface area contributed by atoms with Crippen LogP contribution in [0.5, 0.6) is 0 Å². The molecule has 1 amide bonds. The van der Waals surface area contributed by atoms with Crippen molar-refractivity contribution in [3.05, 3.63) is 0 Å². The molecule has 0 saturated carbocycles. The van der Waals surface area contributed by atoms with Crippen LogP contribution < -0.4 is 10.6 Å². The summed E-state index contributed by atoms with van der Waals surface area (Å²) in [6.45, 7) is 7.92. The fraction of sp³-hybridized carbons (Fsp3) is 0.818. The lowest BCUT2D eigenvalue weighted by Crippen LogP contribution is -2.60. The van der Waals surface area contributed by atoms with Gasteiger partial charge in [0.15, 0.2) is 0 Å². The van der Waals surface area contributed by atoms with Gasteiger partial charge in [0.05, 0.1) is 18.0 Å². The zero-order chi connectivity index (χ0) is 12.0. The third-order valence-corrected chi connectivity index (χ3v) is 2.99. The van der Waals surface area contributed by atoms with Crippen LogP contribution in [0.25, 0.3) is 0 Å². The van der Waals surface area contributed by atoms with Gasteiger partial charge in [-0.15, -0.1) is 0 Å². The molecule has 0 unspecified atom stereocenters. The van der Waals surface area contributed by atoms with Crippen LogP contribution in [0.15, 0.2) is 0 Å². The molecule has 16 heavy (non-hydrogen) atoms. The maximum atomic E-state index is 12.0. The van der Waals surface area contributed by atoms with E-state index in [1.54, 1.807) is 0 Å². The van der Waals surface area contributed by atoms with Gasteiger partial charge < -0.3 is 10.6 Å². The van der Waals surface area contributed by atoms with Crippen LogP contribution in [0.3, 0.4) is 0 Å². The number of piperazine rings is 1. The van der Waals surface area contributed by atoms with Crippen LogP contribution in [0, 0.1) is 11.3 Å². The average molecular weight is 224 g/mol. The number of carbonyl (C=O) groups is 1. The zero-order valence-electron chi connectivity index (χ0n) is 10.0. The number of rotatable bonds is 4. The van der Waals surface area contributed by atoms with Gasteiger partial charge >= 0.3 is 0 Å². The molecule has 2 N–H and O–H groups in total. The van der Waals surface area contributed by atoms with Gasteiger partial charge in [-0.1, -0.05) is 0 Å². The predicted molar refractivity (Wildman–Crippen MR) is 61.8 cm³/mol. The molecule has 1 fully saturated rings. The Labute approximate surface area is 96.8 Å². The summed E-state index contributed by atoms with van der Waals surface area (Å²) < 4.78 is 0. The minimum atomic E-state index is -0.489. The minimum absolute atomic E-state index is 0.00431. The molecule has 0 radical (unpaired) electrons. The molecule has 5 nitrogen and oxygen atoms in total. The van der Waals surface area contributed by atoms with Gasteiger partial charge in [-0.05, 0) is 13.8 Å². The lowest BCUT2D eigenvalue weighted by atomic mass is 10.0. The molecule has 1 aliphatic heterocycles. The normalized spacial score (nSPS) is 17.8. The fourth-order valence-corrected chi connectivity index (χ4v) is 1.82. The number of nitrogens with zero attached hydrogens (tertiary/aromatic N) is 2. The van der Waals surface area contributed by atoms with Gasteiger partial charge in [0.2, 0.25) is 5.91 Å².